The summed E-state index contributed by atoms with van der Waals surface area (Å²) in [6, 6.07) is 1.37. The lowest BCUT2D eigenvalue weighted by molar-refractivity contribution is 0.326. The largest absolute Gasteiger partial charge is 0.397 e. The monoisotopic (exact) mass is 310 g/mol. The molecule has 5 heteroatoms. The molecule has 1 atom stereocenters. The molecule has 0 radical (unpaired) electrons. The minimum Gasteiger partial charge on any atom is -0.397 e. The molecule has 1 saturated heterocycles. The van der Waals surface area contributed by atoms with Crippen molar-refractivity contribution in [3.05, 3.63) is 16.2 Å². The maximum Gasteiger partial charge on any atom is 0.140 e. The standard InChI is InChI=1S/C13H19BrN4/c1-8-11(15)6-16-13(12(8)14)17-9-4-5-18(7-9)10-2-3-10/h6,9-10H,2-5,7,15H2,1H3,(H,16,17). The number of hydrogen-bond acceptors (Lipinski definition) is 4. The van der Waals surface area contributed by atoms with Crippen LogP contribution in [0.2, 0.25) is 0 Å². The van der Waals surface area contributed by atoms with Gasteiger partial charge < -0.3 is 11.1 Å². The first-order valence-electron chi connectivity index (χ1n) is 6.56. The van der Waals surface area contributed by atoms with Crippen LogP contribution in [0.15, 0.2) is 10.7 Å². The molecule has 1 aliphatic heterocycles. The fourth-order valence-electron chi connectivity index (χ4n) is 2.56. The van der Waals surface area contributed by atoms with Crippen LogP contribution in [0.4, 0.5) is 11.5 Å². The van der Waals surface area contributed by atoms with Crippen LogP contribution in [0.5, 0.6) is 0 Å². The van der Waals surface area contributed by atoms with Crippen molar-refractivity contribution in [1.29, 1.82) is 0 Å². The van der Waals surface area contributed by atoms with Crippen LogP contribution in [0.25, 0.3) is 0 Å². The summed E-state index contributed by atoms with van der Waals surface area (Å²) in [7, 11) is 0. The molecule has 1 aromatic rings. The average Bonchev–Trinajstić information content (AvgIpc) is 3.11. The SMILES string of the molecule is Cc1c(N)cnc(NC2CCN(C3CC3)C2)c1Br. The number of anilines is 2. The third-order valence-corrected chi connectivity index (χ3v) is 4.90. The van der Waals surface area contributed by atoms with E-state index in [1.54, 1.807) is 6.20 Å². The van der Waals surface area contributed by atoms with E-state index in [-0.39, 0.29) is 0 Å². The van der Waals surface area contributed by atoms with E-state index < -0.39 is 0 Å². The third-order valence-electron chi connectivity index (χ3n) is 3.93. The van der Waals surface area contributed by atoms with Crippen LogP contribution in [-0.4, -0.2) is 35.1 Å². The number of rotatable bonds is 3. The van der Waals surface area contributed by atoms with Gasteiger partial charge in [-0.2, -0.15) is 0 Å². The van der Waals surface area contributed by atoms with Crippen LogP contribution < -0.4 is 11.1 Å². The smallest absolute Gasteiger partial charge is 0.140 e. The number of hydrogen-bond donors (Lipinski definition) is 2. The molecule has 4 nitrogen and oxygen atoms in total. The van der Waals surface area contributed by atoms with Crippen molar-refractivity contribution in [2.24, 2.45) is 0 Å². The van der Waals surface area contributed by atoms with Crippen molar-refractivity contribution < 1.29 is 0 Å². The van der Waals surface area contributed by atoms with Crippen LogP contribution >= 0.6 is 15.9 Å². The maximum atomic E-state index is 5.84. The zero-order chi connectivity index (χ0) is 12.7. The Labute approximate surface area is 116 Å². The van der Waals surface area contributed by atoms with E-state index in [9.17, 15) is 0 Å². The number of nitrogen functional groups attached to an aromatic ring is 1. The number of nitrogens with two attached hydrogens (primary N) is 1. The first-order valence-corrected chi connectivity index (χ1v) is 7.35. The summed E-state index contributed by atoms with van der Waals surface area (Å²) < 4.78 is 0.993. The molecule has 0 bridgehead atoms. The molecular formula is C13H19BrN4. The Morgan fingerprint density at radius 1 is 1.44 bits per heavy atom. The number of pyridine rings is 1. The molecule has 1 unspecified atom stereocenters. The van der Waals surface area contributed by atoms with Crippen molar-refractivity contribution in [3.63, 3.8) is 0 Å². The van der Waals surface area contributed by atoms with Crippen molar-refractivity contribution >= 4 is 27.4 Å². The summed E-state index contributed by atoms with van der Waals surface area (Å²) in [4.78, 5) is 6.98. The molecule has 0 aromatic carbocycles. The predicted octanol–water partition coefficient (Wildman–Crippen LogP) is 2.38. The molecule has 3 N–H and O–H groups in total. The van der Waals surface area contributed by atoms with Gasteiger partial charge in [-0.25, -0.2) is 4.98 Å². The first-order chi connectivity index (χ1) is 8.65. The van der Waals surface area contributed by atoms with Gasteiger partial charge in [0.1, 0.15) is 5.82 Å². The van der Waals surface area contributed by atoms with Crippen molar-refractivity contribution in [1.82, 2.24) is 9.88 Å². The second-order valence-corrected chi connectivity index (χ2v) is 6.15. The molecule has 0 spiro atoms. The molecular weight excluding hydrogens is 292 g/mol. The Bertz CT molecular complexity index is 459. The Kier molecular flexibility index (Phi) is 3.20. The van der Waals surface area contributed by atoms with Crippen molar-refractivity contribution in [3.8, 4) is 0 Å². The lowest BCUT2D eigenvalue weighted by atomic mass is 10.2. The maximum absolute atomic E-state index is 5.84. The van der Waals surface area contributed by atoms with Gasteiger partial charge in [-0.05, 0) is 47.7 Å². The lowest BCUT2D eigenvalue weighted by Crippen LogP contribution is -2.28. The Morgan fingerprint density at radius 2 is 2.22 bits per heavy atom. The second-order valence-electron chi connectivity index (χ2n) is 5.36. The Balaban J connectivity index is 1.68. The topological polar surface area (TPSA) is 54.2 Å². The fourth-order valence-corrected chi connectivity index (χ4v) is 3.01. The molecule has 1 aromatic heterocycles. The zero-order valence-electron chi connectivity index (χ0n) is 10.6. The first kappa shape index (κ1) is 12.2. The zero-order valence-corrected chi connectivity index (χ0v) is 12.2. The lowest BCUT2D eigenvalue weighted by Gasteiger charge is -2.17. The summed E-state index contributed by atoms with van der Waals surface area (Å²) in [6.45, 7) is 4.37. The van der Waals surface area contributed by atoms with Crippen molar-refractivity contribution in [2.75, 3.05) is 24.1 Å². The molecule has 1 saturated carbocycles. The molecule has 18 heavy (non-hydrogen) atoms. The van der Waals surface area contributed by atoms with Gasteiger partial charge >= 0.3 is 0 Å². The minimum atomic E-state index is 0.512. The van der Waals surface area contributed by atoms with E-state index in [0.717, 1.165) is 34.1 Å². The van der Waals surface area contributed by atoms with E-state index in [1.807, 2.05) is 6.92 Å². The van der Waals surface area contributed by atoms with E-state index in [2.05, 4.69) is 31.1 Å². The quantitative estimate of drug-likeness (QED) is 0.900. The van der Waals surface area contributed by atoms with Gasteiger partial charge in [-0.15, -0.1) is 0 Å². The average molecular weight is 311 g/mol. The van der Waals surface area contributed by atoms with E-state index in [4.69, 9.17) is 5.73 Å². The summed E-state index contributed by atoms with van der Waals surface area (Å²) >= 11 is 3.58. The summed E-state index contributed by atoms with van der Waals surface area (Å²) in [5.41, 5.74) is 7.63. The fraction of sp³-hybridized carbons (Fsp3) is 0.615. The molecule has 2 heterocycles. The second kappa shape index (κ2) is 4.70. The highest BCUT2D eigenvalue weighted by molar-refractivity contribution is 9.10. The van der Waals surface area contributed by atoms with E-state index in [1.165, 1.54) is 25.8 Å². The van der Waals surface area contributed by atoms with Gasteiger partial charge in [0.25, 0.3) is 0 Å². The van der Waals surface area contributed by atoms with E-state index >= 15 is 0 Å². The number of halogens is 1. The normalized spacial score (nSPS) is 24.4. The number of aromatic nitrogens is 1. The molecule has 2 aliphatic rings. The predicted molar refractivity (Wildman–Crippen MR) is 77.7 cm³/mol. The number of nitrogens with one attached hydrogen (secondary N) is 1. The number of nitrogens with zero attached hydrogens (tertiary/aromatic N) is 2. The van der Waals surface area contributed by atoms with Gasteiger partial charge in [-0.1, -0.05) is 0 Å². The van der Waals surface area contributed by atoms with Crippen LogP contribution in [0.1, 0.15) is 24.8 Å². The van der Waals surface area contributed by atoms with Crippen LogP contribution in [0, 0.1) is 6.92 Å². The summed E-state index contributed by atoms with van der Waals surface area (Å²) in [5.74, 6) is 0.921. The summed E-state index contributed by atoms with van der Waals surface area (Å²) in [6.07, 6.45) is 5.70. The molecule has 3 rings (SSSR count). The minimum absolute atomic E-state index is 0.512. The summed E-state index contributed by atoms with van der Waals surface area (Å²) in [5, 5.41) is 3.53. The van der Waals surface area contributed by atoms with Gasteiger partial charge in [0, 0.05) is 25.2 Å². The van der Waals surface area contributed by atoms with Gasteiger partial charge in [0.2, 0.25) is 0 Å². The Morgan fingerprint density at radius 3 is 2.94 bits per heavy atom. The molecule has 98 valence electrons. The highest BCUT2D eigenvalue weighted by atomic mass is 79.9. The van der Waals surface area contributed by atoms with Gasteiger partial charge in [0.05, 0.1) is 16.4 Å². The van der Waals surface area contributed by atoms with Crippen LogP contribution in [-0.2, 0) is 0 Å². The highest BCUT2D eigenvalue weighted by Gasteiger charge is 2.34. The third kappa shape index (κ3) is 2.34. The Hall–Kier alpha value is -0.810. The molecule has 2 fully saturated rings. The number of likely N-dealkylation sites (tertiary alicyclic amines) is 1. The van der Waals surface area contributed by atoms with Crippen LogP contribution in [0.3, 0.4) is 0 Å². The molecule has 1 aliphatic carbocycles. The highest BCUT2D eigenvalue weighted by Crippen LogP contribution is 2.32. The molecule has 0 amide bonds. The van der Waals surface area contributed by atoms with E-state index in [0.29, 0.717) is 6.04 Å². The van der Waals surface area contributed by atoms with Gasteiger partial charge in [0.15, 0.2) is 0 Å². The van der Waals surface area contributed by atoms with Crippen molar-refractivity contribution in [2.45, 2.75) is 38.3 Å². The van der Waals surface area contributed by atoms with Gasteiger partial charge in [-0.3, -0.25) is 4.90 Å².